The maximum absolute atomic E-state index is 12.4. The number of carbonyl (C=O) groups excluding carboxylic acids is 1. The monoisotopic (exact) mass is 335 g/mol. The van der Waals surface area contributed by atoms with Gasteiger partial charge < -0.3 is 11.1 Å². The van der Waals surface area contributed by atoms with E-state index in [4.69, 9.17) is 17.3 Å². The van der Waals surface area contributed by atoms with Gasteiger partial charge in [0.15, 0.2) is 0 Å². The van der Waals surface area contributed by atoms with Crippen molar-refractivity contribution in [3.05, 3.63) is 50.4 Å². The number of carbonyl (C=O) groups is 1. The minimum atomic E-state index is -0.127. The molecule has 116 valence electrons. The van der Waals surface area contributed by atoms with Crippen LogP contribution in [0.25, 0.3) is 0 Å². The Labute approximate surface area is 138 Å². The van der Waals surface area contributed by atoms with E-state index in [0.717, 1.165) is 29.8 Å². The predicted octanol–water partition coefficient (Wildman–Crippen LogP) is 3.11. The van der Waals surface area contributed by atoms with E-state index in [1.807, 2.05) is 12.1 Å². The summed E-state index contributed by atoms with van der Waals surface area (Å²) >= 11 is 7.58. The smallest absolute Gasteiger partial charge is 0.271 e. The Morgan fingerprint density at radius 3 is 3.18 bits per heavy atom. The Bertz CT molecular complexity index is 686. The second-order valence-corrected chi connectivity index (χ2v) is 6.81. The number of thiazole rings is 1. The van der Waals surface area contributed by atoms with Gasteiger partial charge in [0.2, 0.25) is 0 Å². The number of rotatable bonds is 4. The summed E-state index contributed by atoms with van der Waals surface area (Å²) in [6.45, 7) is 0.545. The van der Waals surface area contributed by atoms with Crippen LogP contribution in [0.1, 0.15) is 45.5 Å². The van der Waals surface area contributed by atoms with Crippen molar-refractivity contribution in [2.45, 2.75) is 31.7 Å². The van der Waals surface area contributed by atoms with Gasteiger partial charge in [-0.3, -0.25) is 4.79 Å². The van der Waals surface area contributed by atoms with Gasteiger partial charge in [-0.2, -0.15) is 0 Å². The average molecular weight is 336 g/mol. The van der Waals surface area contributed by atoms with Crippen LogP contribution in [0.4, 0.5) is 0 Å². The summed E-state index contributed by atoms with van der Waals surface area (Å²) < 4.78 is 0. The zero-order valence-electron chi connectivity index (χ0n) is 12.1. The molecule has 0 fully saturated rings. The number of halogens is 1. The summed E-state index contributed by atoms with van der Waals surface area (Å²) in [4.78, 5) is 16.7. The molecule has 2 aromatic rings. The first-order valence-electron chi connectivity index (χ1n) is 7.41. The van der Waals surface area contributed by atoms with Gasteiger partial charge in [0.1, 0.15) is 5.69 Å². The number of aryl methyl sites for hydroxylation is 1. The molecule has 22 heavy (non-hydrogen) atoms. The molecule has 3 N–H and O–H groups in total. The number of aromatic nitrogens is 1. The minimum Gasteiger partial charge on any atom is -0.344 e. The standard InChI is InChI=1S/C16H18ClN3OS/c17-11-5-4-10-2-1-3-13(12(10)8-11)20-16(21)14-9-22-15(19-14)6-7-18/h4-5,8-9,13H,1-3,6-7,18H2,(H,20,21)/t13-/m1/s1. The molecule has 0 aliphatic heterocycles. The van der Waals surface area contributed by atoms with Crippen LogP contribution in [0.15, 0.2) is 23.6 Å². The molecular formula is C16H18ClN3OS. The van der Waals surface area contributed by atoms with Gasteiger partial charge in [0.05, 0.1) is 11.0 Å². The zero-order chi connectivity index (χ0) is 15.5. The molecule has 6 heteroatoms. The molecule has 1 aromatic heterocycles. The average Bonchev–Trinajstić information content (AvgIpc) is 2.97. The van der Waals surface area contributed by atoms with Gasteiger partial charge in [0, 0.05) is 16.8 Å². The maximum Gasteiger partial charge on any atom is 0.271 e. The molecule has 1 aliphatic carbocycles. The quantitative estimate of drug-likeness (QED) is 0.902. The summed E-state index contributed by atoms with van der Waals surface area (Å²) in [5, 5.41) is 6.49. The second kappa shape index (κ2) is 6.77. The van der Waals surface area contributed by atoms with E-state index >= 15 is 0 Å². The maximum atomic E-state index is 12.4. The first kappa shape index (κ1) is 15.5. The molecule has 0 saturated heterocycles. The number of hydrogen-bond acceptors (Lipinski definition) is 4. The van der Waals surface area contributed by atoms with Gasteiger partial charge >= 0.3 is 0 Å². The highest BCUT2D eigenvalue weighted by molar-refractivity contribution is 7.09. The number of nitrogens with one attached hydrogen (secondary N) is 1. The molecule has 0 unspecified atom stereocenters. The van der Waals surface area contributed by atoms with Crippen LogP contribution in [0.2, 0.25) is 5.02 Å². The summed E-state index contributed by atoms with van der Waals surface area (Å²) in [5.41, 5.74) is 8.39. The highest BCUT2D eigenvalue weighted by atomic mass is 35.5. The number of nitrogens with two attached hydrogens (primary N) is 1. The normalized spacial score (nSPS) is 17.1. The SMILES string of the molecule is NCCc1nc(C(=O)N[C@@H]2CCCc3ccc(Cl)cc32)cs1. The first-order valence-corrected chi connectivity index (χ1v) is 8.67. The molecule has 3 rings (SSSR count). The van der Waals surface area contributed by atoms with Crippen molar-refractivity contribution >= 4 is 28.8 Å². The van der Waals surface area contributed by atoms with Crippen LogP contribution in [-0.4, -0.2) is 17.4 Å². The molecule has 1 aliphatic rings. The van der Waals surface area contributed by atoms with Crippen LogP contribution in [0, 0.1) is 0 Å². The lowest BCUT2D eigenvalue weighted by Crippen LogP contribution is -2.31. The van der Waals surface area contributed by atoms with Crippen LogP contribution in [0.3, 0.4) is 0 Å². The highest BCUT2D eigenvalue weighted by Crippen LogP contribution is 2.32. The van der Waals surface area contributed by atoms with Crippen molar-refractivity contribution in [3.8, 4) is 0 Å². The lowest BCUT2D eigenvalue weighted by molar-refractivity contribution is 0.0928. The number of amides is 1. The summed E-state index contributed by atoms with van der Waals surface area (Å²) in [5.74, 6) is -0.127. The highest BCUT2D eigenvalue weighted by Gasteiger charge is 2.23. The Balaban J connectivity index is 1.76. The largest absolute Gasteiger partial charge is 0.344 e. The summed E-state index contributed by atoms with van der Waals surface area (Å²) in [6, 6.07) is 5.93. The number of hydrogen-bond donors (Lipinski definition) is 2. The summed E-state index contributed by atoms with van der Waals surface area (Å²) in [7, 11) is 0. The lowest BCUT2D eigenvalue weighted by Gasteiger charge is -2.26. The van der Waals surface area contributed by atoms with Crippen molar-refractivity contribution in [1.82, 2.24) is 10.3 Å². The van der Waals surface area contributed by atoms with E-state index in [0.29, 0.717) is 23.7 Å². The molecule has 1 aromatic carbocycles. The van der Waals surface area contributed by atoms with E-state index in [1.165, 1.54) is 16.9 Å². The number of nitrogens with zero attached hydrogens (tertiary/aromatic N) is 1. The van der Waals surface area contributed by atoms with Crippen LogP contribution < -0.4 is 11.1 Å². The Kier molecular flexibility index (Phi) is 4.76. The molecule has 0 radical (unpaired) electrons. The topological polar surface area (TPSA) is 68.0 Å². The van der Waals surface area contributed by atoms with Crippen molar-refractivity contribution < 1.29 is 4.79 Å². The van der Waals surface area contributed by atoms with E-state index < -0.39 is 0 Å². The predicted molar refractivity (Wildman–Crippen MR) is 89.5 cm³/mol. The van der Waals surface area contributed by atoms with Gasteiger partial charge in [-0.1, -0.05) is 17.7 Å². The molecule has 0 bridgehead atoms. The molecule has 0 spiro atoms. The Morgan fingerprint density at radius 1 is 1.50 bits per heavy atom. The number of fused-ring (bicyclic) bond motifs is 1. The van der Waals surface area contributed by atoms with Gasteiger partial charge in [-0.15, -0.1) is 11.3 Å². The van der Waals surface area contributed by atoms with Crippen LogP contribution in [0.5, 0.6) is 0 Å². The summed E-state index contributed by atoms with van der Waals surface area (Å²) in [6.07, 6.45) is 3.74. The van der Waals surface area contributed by atoms with Crippen molar-refractivity contribution in [1.29, 1.82) is 0 Å². The molecule has 1 atom stereocenters. The fraction of sp³-hybridized carbons (Fsp3) is 0.375. The van der Waals surface area contributed by atoms with Gasteiger partial charge in [-0.05, 0) is 49.1 Å². The molecule has 0 saturated carbocycles. The van der Waals surface area contributed by atoms with Crippen LogP contribution in [-0.2, 0) is 12.8 Å². The molecule has 4 nitrogen and oxygen atoms in total. The van der Waals surface area contributed by atoms with Gasteiger partial charge in [-0.25, -0.2) is 4.98 Å². The minimum absolute atomic E-state index is 0.00890. The Morgan fingerprint density at radius 2 is 2.36 bits per heavy atom. The van der Waals surface area contributed by atoms with Gasteiger partial charge in [0.25, 0.3) is 5.91 Å². The third-order valence-corrected chi connectivity index (χ3v) is 5.01. The van der Waals surface area contributed by atoms with E-state index in [9.17, 15) is 4.79 Å². The zero-order valence-corrected chi connectivity index (χ0v) is 13.7. The third kappa shape index (κ3) is 3.32. The second-order valence-electron chi connectivity index (χ2n) is 5.43. The fourth-order valence-corrected chi connectivity index (χ4v) is 3.78. The van der Waals surface area contributed by atoms with Crippen molar-refractivity contribution in [3.63, 3.8) is 0 Å². The van der Waals surface area contributed by atoms with Crippen molar-refractivity contribution in [2.75, 3.05) is 6.54 Å². The van der Waals surface area contributed by atoms with Crippen LogP contribution >= 0.6 is 22.9 Å². The third-order valence-electron chi connectivity index (χ3n) is 3.87. The Hall–Kier alpha value is -1.43. The van der Waals surface area contributed by atoms with Crippen molar-refractivity contribution in [2.24, 2.45) is 5.73 Å². The molecule has 1 heterocycles. The van der Waals surface area contributed by atoms with E-state index in [-0.39, 0.29) is 11.9 Å². The number of benzene rings is 1. The first-order chi connectivity index (χ1) is 10.7. The molecule has 1 amide bonds. The van der Waals surface area contributed by atoms with E-state index in [1.54, 1.807) is 5.38 Å². The fourth-order valence-electron chi connectivity index (χ4n) is 2.81. The van der Waals surface area contributed by atoms with E-state index in [2.05, 4.69) is 16.4 Å². The lowest BCUT2D eigenvalue weighted by atomic mass is 9.87. The molecular weight excluding hydrogens is 318 g/mol.